The molecule has 8 rings (SSSR count). The van der Waals surface area contributed by atoms with Crippen molar-refractivity contribution in [2.45, 2.75) is 0 Å². The fourth-order valence-electron chi connectivity index (χ4n) is 7.42. The van der Waals surface area contributed by atoms with E-state index < -0.39 is 8.07 Å². The van der Waals surface area contributed by atoms with E-state index in [1.807, 2.05) is 48.5 Å². The van der Waals surface area contributed by atoms with E-state index >= 15 is 0 Å². The van der Waals surface area contributed by atoms with Gasteiger partial charge in [-0.25, -0.2) is 0 Å². The average Bonchev–Trinajstić information content (AvgIpc) is 3.50. The molecule has 7 aromatic carbocycles. The molecule has 48 heavy (non-hydrogen) atoms. The molecule has 0 unspecified atom stereocenters. The van der Waals surface area contributed by atoms with Gasteiger partial charge in [0.25, 0.3) is 0 Å². The first kappa shape index (κ1) is 29.0. The summed E-state index contributed by atoms with van der Waals surface area (Å²) in [4.78, 5) is 0. The lowest BCUT2D eigenvalue weighted by molar-refractivity contribution is 1.18. The quantitative estimate of drug-likeness (QED) is 0.141. The van der Waals surface area contributed by atoms with E-state index in [0.29, 0.717) is 11.1 Å². The van der Waals surface area contributed by atoms with Crippen LogP contribution >= 0.6 is 0 Å². The molecule has 0 amide bonds. The molecule has 0 atom stereocenters. The van der Waals surface area contributed by atoms with E-state index in [-0.39, 0.29) is 0 Å². The second-order valence-electron chi connectivity index (χ2n) is 11.9. The molecule has 1 heterocycles. The molecular formula is C44H29N3Si. The van der Waals surface area contributed by atoms with Gasteiger partial charge >= 0.3 is 0 Å². The molecule has 224 valence electrons. The third-order valence-electron chi connectivity index (χ3n) is 9.40. The Kier molecular flexibility index (Phi) is 7.27. The van der Waals surface area contributed by atoms with Crippen LogP contribution in [0.4, 0.5) is 0 Å². The zero-order valence-corrected chi connectivity index (χ0v) is 27.1. The maximum absolute atomic E-state index is 11.1. The number of aromatic nitrogens is 1. The van der Waals surface area contributed by atoms with E-state index in [2.05, 4.69) is 144 Å². The maximum Gasteiger partial charge on any atom is 0.180 e. The van der Waals surface area contributed by atoms with Crippen LogP contribution in [0, 0.1) is 22.7 Å². The van der Waals surface area contributed by atoms with Crippen molar-refractivity contribution < 1.29 is 0 Å². The maximum atomic E-state index is 11.1. The number of nitrogens with zero attached hydrogens (tertiary/aromatic N) is 3. The SMILES string of the molecule is N#Cc1cc(-c2cccc([Si](c3ccccc3)(c3ccccc3)c3ccccc3)c2C#N)cc(-n2c3ccccc3c3ccccc32)c1. The van der Waals surface area contributed by atoms with Crippen molar-refractivity contribution in [3.8, 4) is 29.0 Å². The summed E-state index contributed by atoms with van der Waals surface area (Å²) in [5, 5.41) is 28.4. The highest BCUT2D eigenvalue weighted by Crippen LogP contribution is 2.34. The molecule has 1 aromatic heterocycles. The van der Waals surface area contributed by atoms with Gasteiger partial charge in [0.05, 0.1) is 34.3 Å². The number of fused-ring (bicyclic) bond motifs is 3. The topological polar surface area (TPSA) is 52.5 Å². The zero-order valence-electron chi connectivity index (χ0n) is 26.1. The molecule has 0 aliphatic carbocycles. The van der Waals surface area contributed by atoms with Crippen LogP contribution in [0.1, 0.15) is 11.1 Å². The molecule has 4 heteroatoms. The highest BCUT2D eigenvalue weighted by Gasteiger charge is 2.43. The normalized spacial score (nSPS) is 11.3. The van der Waals surface area contributed by atoms with E-state index in [9.17, 15) is 10.5 Å². The van der Waals surface area contributed by atoms with Gasteiger partial charge in [-0.1, -0.05) is 146 Å². The van der Waals surface area contributed by atoms with Crippen molar-refractivity contribution in [2.24, 2.45) is 0 Å². The summed E-state index contributed by atoms with van der Waals surface area (Å²) in [5.74, 6) is 0. The molecule has 0 spiro atoms. The van der Waals surface area contributed by atoms with Crippen LogP contribution in [0.3, 0.4) is 0 Å². The number of nitriles is 2. The van der Waals surface area contributed by atoms with Crippen molar-refractivity contribution >= 4 is 50.6 Å². The Balaban J connectivity index is 1.44. The number of para-hydroxylation sites is 2. The van der Waals surface area contributed by atoms with Crippen LogP contribution in [0.2, 0.25) is 0 Å². The molecule has 0 saturated heterocycles. The summed E-state index contributed by atoms with van der Waals surface area (Å²) in [6.07, 6.45) is 0. The summed E-state index contributed by atoms with van der Waals surface area (Å²) < 4.78 is 2.22. The average molecular weight is 628 g/mol. The molecule has 0 aliphatic heterocycles. The minimum atomic E-state index is -2.98. The molecule has 0 bridgehead atoms. The lowest BCUT2D eigenvalue weighted by Gasteiger charge is -2.35. The number of hydrogen-bond acceptors (Lipinski definition) is 2. The Hall–Kier alpha value is -6.46. The van der Waals surface area contributed by atoms with Crippen molar-refractivity contribution in [2.75, 3.05) is 0 Å². The van der Waals surface area contributed by atoms with Crippen molar-refractivity contribution in [3.63, 3.8) is 0 Å². The molecular weight excluding hydrogens is 599 g/mol. The Labute approximate surface area is 280 Å². The van der Waals surface area contributed by atoms with Crippen LogP contribution in [-0.2, 0) is 0 Å². The van der Waals surface area contributed by atoms with Gasteiger partial charge in [0.2, 0.25) is 0 Å². The van der Waals surface area contributed by atoms with E-state index in [1.165, 1.54) is 15.6 Å². The van der Waals surface area contributed by atoms with E-state index in [4.69, 9.17) is 0 Å². The first-order valence-electron chi connectivity index (χ1n) is 16.0. The first-order chi connectivity index (χ1) is 23.7. The van der Waals surface area contributed by atoms with Gasteiger partial charge in [0.1, 0.15) is 0 Å². The molecule has 0 radical (unpaired) electrons. The minimum Gasteiger partial charge on any atom is -0.309 e. The van der Waals surface area contributed by atoms with Crippen molar-refractivity contribution in [1.29, 1.82) is 10.5 Å². The number of hydrogen-bond donors (Lipinski definition) is 0. The zero-order chi connectivity index (χ0) is 32.5. The van der Waals surface area contributed by atoms with E-state index in [1.54, 1.807) is 0 Å². The third-order valence-corrected chi connectivity index (χ3v) is 14.2. The van der Waals surface area contributed by atoms with Crippen LogP contribution in [0.15, 0.2) is 176 Å². The molecule has 0 aliphatic rings. The van der Waals surface area contributed by atoms with Gasteiger partial charge in [-0.15, -0.1) is 0 Å². The van der Waals surface area contributed by atoms with Gasteiger partial charge in [-0.2, -0.15) is 10.5 Å². The lowest BCUT2D eigenvalue weighted by atomic mass is 9.98. The summed E-state index contributed by atoms with van der Waals surface area (Å²) in [6.45, 7) is 0. The first-order valence-corrected chi connectivity index (χ1v) is 18.0. The third kappa shape index (κ3) is 4.55. The molecule has 8 aromatic rings. The Morgan fingerprint density at radius 2 is 0.958 bits per heavy atom. The summed E-state index contributed by atoms with van der Waals surface area (Å²) >= 11 is 0. The molecule has 0 saturated carbocycles. The smallest absolute Gasteiger partial charge is 0.180 e. The Morgan fingerprint density at radius 3 is 1.46 bits per heavy atom. The van der Waals surface area contributed by atoms with Crippen LogP contribution < -0.4 is 20.7 Å². The second kappa shape index (κ2) is 12.0. The second-order valence-corrected chi connectivity index (χ2v) is 15.7. The predicted octanol–water partition coefficient (Wildman–Crippen LogP) is 7.57. The van der Waals surface area contributed by atoms with Crippen molar-refractivity contribution in [3.05, 3.63) is 187 Å². The van der Waals surface area contributed by atoms with Crippen LogP contribution in [-0.4, -0.2) is 12.6 Å². The summed E-state index contributed by atoms with van der Waals surface area (Å²) in [7, 11) is -2.98. The van der Waals surface area contributed by atoms with E-state index in [0.717, 1.165) is 43.8 Å². The Bertz CT molecular complexity index is 2370. The monoisotopic (exact) mass is 627 g/mol. The Morgan fingerprint density at radius 1 is 0.458 bits per heavy atom. The summed E-state index contributed by atoms with van der Waals surface area (Å²) in [6, 6.07) is 65.9. The number of rotatable bonds is 6. The largest absolute Gasteiger partial charge is 0.309 e. The van der Waals surface area contributed by atoms with Crippen LogP contribution in [0.25, 0.3) is 38.6 Å². The minimum absolute atomic E-state index is 0.538. The standard InChI is InChI=1S/C44H29N3Si/c45-30-32-27-33(29-34(28-32)47-42-24-12-10-21-39(42)40-22-11-13-25-43(40)47)38-23-14-26-44(41(38)31-46)48(35-15-4-1-5-16-35,36-17-6-2-7-18-36)37-19-8-3-9-20-37/h1-29H. The fraction of sp³-hybridized carbons (Fsp3) is 0. The van der Waals surface area contributed by atoms with Crippen LogP contribution in [0.5, 0.6) is 0 Å². The lowest BCUT2D eigenvalue weighted by Crippen LogP contribution is -2.75. The number of benzene rings is 7. The van der Waals surface area contributed by atoms with Crippen molar-refractivity contribution in [1.82, 2.24) is 4.57 Å². The highest BCUT2D eigenvalue weighted by atomic mass is 28.3. The molecule has 3 nitrogen and oxygen atoms in total. The van der Waals surface area contributed by atoms with Gasteiger partial charge < -0.3 is 4.57 Å². The molecule has 0 fully saturated rings. The highest BCUT2D eigenvalue weighted by molar-refractivity contribution is 7.20. The van der Waals surface area contributed by atoms with Gasteiger partial charge in [-0.3, -0.25) is 0 Å². The van der Waals surface area contributed by atoms with Gasteiger partial charge in [-0.05, 0) is 62.2 Å². The molecule has 0 N–H and O–H groups in total. The van der Waals surface area contributed by atoms with Gasteiger partial charge in [0.15, 0.2) is 8.07 Å². The predicted molar refractivity (Wildman–Crippen MR) is 199 cm³/mol. The summed E-state index contributed by atoms with van der Waals surface area (Å²) in [5.41, 5.74) is 5.83. The fourth-order valence-corrected chi connectivity index (χ4v) is 12.3. The van der Waals surface area contributed by atoms with Gasteiger partial charge in [0, 0.05) is 16.5 Å².